The van der Waals surface area contributed by atoms with E-state index in [0.29, 0.717) is 17.1 Å². The van der Waals surface area contributed by atoms with Crippen LogP contribution >= 0.6 is 0 Å². The zero-order valence-corrected chi connectivity index (χ0v) is 10.6. The Kier molecular flexibility index (Phi) is 3.48. The van der Waals surface area contributed by atoms with Gasteiger partial charge in [0.05, 0.1) is 11.6 Å². The van der Waals surface area contributed by atoms with E-state index < -0.39 is 17.5 Å². The van der Waals surface area contributed by atoms with Crippen molar-refractivity contribution < 1.29 is 13.6 Å². The van der Waals surface area contributed by atoms with Crippen LogP contribution < -0.4 is 0 Å². The number of halogens is 1. The van der Waals surface area contributed by atoms with Crippen molar-refractivity contribution in [3.8, 4) is 6.07 Å². The minimum atomic E-state index is -1.16. The number of carbonyl (C=O) groups excluding carboxylic acids is 1. The number of aryl methyl sites for hydroxylation is 2. The van der Waals surface area contributed by atoms with Crippen LogP contribution in [0.3, 0.4) is 0 Å². The molecule has 0 amide bonds. The molecule has 0 fully saturated rings. The molecule has 1 aromatic heterocycles. The van der Waals surface area contributed by atoms with Gasteiger partial charge in [-0.1, -0.05) is 18.2 Å². The van der Waals surface area contributed by atoms with E-state index in [-0.39, 0.29) is 5.56 Å². The van der Waals surface area contributed by atoms with E-state index in [9.17, 15) is 9.18 Å². The summed E-state index contributed by atoms with van der Waals surface area (Å²) in [5.41, 5.74) is 0.417. The van der Waals surface area contributed by atoms with Gasteiger partial charge in [0.25, 0.3) is 0 Å². The molecule has 1 atom stereocenters. The first kappa shape index (κ1) is 13.0. The molecule has 4 heteroatoms. The Morgan fingerprint density at radius 2 is 2.05 bits per heavy atom. The molecular weight excluding hydrogens is 245 g/mol. The number of nitriles is 1. The van der Waals surface area contributed by atoms with Crippen LogP contribution in [0.2, 0.25) is 0 Å². The number of hydrogen-bond donors (Lipinski definition) is 0. The summed E-state index contributed by atoms with van der Waals surface area (Å²) in [6.45, 7) is 3.37. The highest BCUT2D eigenvalue weighted by molar-refractivity contribution is 6.03. The largest absolute Gasteiger partial charge is 0.466 e. The maximum Gasteiger partial charge on any atom is 0.188 e. The van der Waals surface area contributed by atoms with Crippen molar-refractivity contribution >= 4 is 5.78 Å². The highest BCUT2D eigenvalue weighted by atomic mass is 19.1. The summed E-state index contributed by atoms with van der Waals surface area (Å²) < 4.78 is 19.0. The van der Waals surface area contributed by atoms with Crippen molar-refractivity contribution in [3.05, 3.63) is 58.8 Å². The summed E-state index contributed by atoms with van der Waals surface area (Å²) in [5, 5.41) is 9.17. The van der Waals surface area contributed by atoms with Gasteiger partial charge in [-0.15, -0.1) is 0 Å². The second kappa shape index (κ2) is 5.07. The first-order valence-corrected chi connectivity index (χ1v) is 5.80. The topological polar surface area (TPSA) is 54.0 Å². The van der Waals surface area contributed by atoms with Crippen molar-refractivity contribution in [1.29, 1.82) is 5.26 Å². The minimum absolute atomic E-state index is 0.0910. The van der Waals surface area contributed by atoms with E-state index in [0.717, 1.165) is 0 Å². The lowest BCUT2D eigenvalue weighted by Crippen LogP contribution is -2.13. The van der Waals surface area contributed by atoms with E-state index in [1.165, 1.54) is 18.2 Å². The molecule has 0 spiro atoms. The van der Waals surface area contributed by atoms with E-state index in [4.69, 9.17) is 9.68 Å². The average molecular weight is 257 g/mol. The molecular formula is C15H12FNO2. The quantitative estimate of drug-likeness (QED) is 0.790. The predicted molar refractivity (Wildman–Crippen MR) is 67.3 cm³/mol. The van der Waals surface area contributed by atoms with Crippen LogP contribution in [-0.4, -0.2) is 5.78 Å². The third-order valence-corrected chi connectivity index (χ3v) is 2.91. The van der Waals surface area contributed by atoms with Gasteiger partial charge in [0.15, 0.2) is 5.78 Å². The van der Waals surface area contributed by atoms with Crippen molar-refractivity contribution in [2.24, 2.45) is 0 Å². The molecule has 0 saturated heterocycles. The van der Waals surface area contributed by atoms with Crippen LogP contribution in [0, 0.1) is 31.0 Å². The molecule has 0 bridgehead atoms. The minimum Gasteiger partial charge on any atom is -0.466 e. The molecule has 0 aliphatic carbocycles. The molecule has 1 heterocycles. The summed E-state index contributed by atoms with van der Waals surface area (Å²) in [4.78, 5) is 12.3. The SMILES string of the molecule is Cc1cc(C(=O)C(C#N)c2ccccc2F)c(C)o1. The fraction of sp³-hybridized carbons (Fsp3) is 0.200. The average Bonchev–Trinajstić information content (AvgIpc) is 2.71. The van der Waals surface area contributed by atoms with Gasteiger partial charge in [-0.25, -0.2) is 4.39 Å². The second-order valence-corrected chi connectivity index (χ2v) is 4.27. The predicted octanol–water partition coefficient (Wildman–Crippen LogP) is 3.53. The van der Waals surface area contributed by atoms with Crippen molar-refractivity contribution in [1.82, 2.24) is 0 Å². The van der Waals surface area contributed by atoms with Crippen molar-refractivity contribution in [3.63, 3.8) is 0 Å². The molecule has 19 heavy (non-hydrogen) atoms. The van der Waals surface area contributed by atoms with E-state index in [1.807, 2.05) is 6.07 Å². The molecule has 0 radical (unpaired) electrons. The summed E-state index contributed by atoms with van der Waals surface area (Å²) in [6, 6.07) is 9.24. The Balaban J connectivity index is 2.44. The standard InChI is InChI=1S/C15H12FNO2/c1-9-7-12(10(2)19-9)15(18)13(8-17)11-5-3-4-6-14(11)16/h3-7,13H,1-2H3. The molecule has 1 unspecified atom stereocenters. The van der Waals surface area contributed by atoms with Gasteiger partial charge in [-0.2, -0.15) is 5.26 Å². The smallest absolute Gasteiger partial charge is 0.188 e. The number of hydrogen-bond acceptors (Lipinski definition) is 3. The number of furan rings is 1. The number of carbonyl (C=O) groups is 1. The first-order valence-electron chi connectivity index (χ1n) is 5.80. The Morgan fingerprint density at radius 1 is 1.37 bits per heavy atom. The van der Waals surface area contributed by atoms with Gasteiger partial charge < -0.3 is 4.42 Å². The lowest BCUT2D eigenvalue weighted by molar-refractivity contribution is 0.0976. The lowest BCUT2D eigenvalue weighted by Gasteiger charge is -2.08. The zero-order chi connectivity index (χ0) is 14.0. The Labute approximate surface area is 110 Å². The van der Waals surface area contributed by atoms with Crippen LogP contribution in [0.5, 0.6) is 0 Å². The van der Waals surface area contributed by atoms with Gasteiger partial charge in [0.1, 0.15) is 23.3 Å². The highest BCUT2D eigenvalue weighted by Gasteiger charge is 2.27. The summed E-state index contributed by atoms with van der Waals surface area (Å²) in [5.74, 6) is -1.12. The number of nitrogens with zero attached hydrogens (tertiary/aromatic N) is 1. The number of benzene rings is 1. The summed E-state index contributed by atoms with van der Waals surface area (Å²) in [7, 11) is 0. The fourth-order valence-corrected chi connectivity index (χ4v) is 2.01. The second-order valence-electron chi connectivity index (χ2n) is 4.27. The highest BCUT2D eigenvalue weighted by Crippen LogP contribution is 2.25. The molecule has 1 aromatic carbocycles. The van der Waals surface area contributed by atoms with E-state index in [2.05, 4.69) is 0 Å². The molecule has 0 aliphatic rings. The Bertz CT molecular complexity index is 667. The first-order chi connectivity index (χ1) is 9.04. The fourth-order valence-electron chi connectivity index (χ4n) is 2.01. The maximum atomic E-state index is 13.7. The molecule has 0 saturated carbocycles. The number of rotatable bonds is 3. The molecule has 0 aliphatic heterocycles. The third-order valence-electron chi connectivity index (χ3n) is 2.91. The van der Waals surface area contributed by atoms with Gasteiger partial charge in [-0.3, -0.25) is 4.79 Å². The zero-order valence-electron chi connectivity index (χ0n) is 10.6. The van der Waals surface area contributed by atoms with Gasteiger partial charge in [0.2, 0.25) is 0 Å². The van der Waals surface area contributed by atoms with Gasteiger partial charge >= 0.3 is 0 Å². The third kappa shape index (κ3) is 2.41. The van der Waals surface area contributed by atoms with Crippen LogP contribution in [0.1, 0.15) is 33.4 Å². The lowest BCUT2D eigenvalue weighted by atomic mass is 9.91. The number of Topliss-reactive ketones (excluding diaryl/α,β-unsaturated/α-hetero) is 1. The maximum absolute atomic E-state index is 13.7. The van der Waals surface area contributed by atoms with E-state index >= 15 is 0 Å². The molecule has 2 aromatic rings. The normalized spacial score (nSPS) is 11.9. The van der Waals surface area contributed by atoms with Crippen molar-refractivity contribution in [2.45, 2.75) is 19.8 Å². The summed E-state index contributed by atoms with van der Waals surface area (Å²) in [6.07, 6.45) is 0. The number of ketones is 1. The molecule has 2 rings (SSSR count). The Hall–Kier alpha value is -2.41. The van der Waals surface area contributed by atoms with Crippen LogP contribution in [0.15, 0.2) is 34.7 Å². The van der Waals surface area contributed by atoms with Crippen LogP contribution in [-0.2, 0) is 0 Å². The van der Waals surface area contributed by atoms with Crippen LogP contribution in [0.25, 0.3) is 0 Å². The molecule has 96 valence electrons. The van der Waals surface area contributed by atoms with Gasteiger partial charge in [0, 0.05) is 5.56 Å². The molecule has 0 N–H and O–H groups in total. The Morgan fingerprint density at radius 3 is 2.58 bits per heavy atom. The molecule has 3 nitrogen and oxygen atoms in total. The van der Waals surface area contributed by atoms with Crippen molar-refractivity contribution in [2.75, 3.05) is 0 Å². The van der Waals surface area contributed by atoms with Gasteiger partial charge in [-0.05, 0) is 26.0 Å². The van der Waals surface area contributed by atoms with Crippen LogP contribution in [0.4, 0.5) is 4.39 Å². The van der Waals surface area contributed by atoms with E-state index in [1.54, 1.807) is 26.0 Å². The monoisotopic (exact) mass is 257 g/mol. The summed E-state index contributed by atoms with van der Waals surface area (Å²) >= 11 is 0.